The first-order valence-corrected chi connectivity index (χ1v) is 12.8. The maximum absolute atomic E-state index is 13.3. The van der Waals surface area contributed by atoms with E-state index >= 15 is 0 Å². The van der Waals surface area contributed by atoms with Crippen LogP contribution >= 0.6 is 0 Å². The number of nitrogens with one attached hydrogen (secondary N) is 2. The zero-order chi connectivity index (χ0) is 26.2. The van der Waals surface area contributed by atoms with Gasteiger partial charge in [0, 0.05) is 25.3 Å². The standard InChI is InChI=1S/C24H30N2O9S/c1-32-20-9-4-17(16-21(20)33-2)22(27)25-12-3-13-35-18-5-7-19(8-6-18)36(30,31)24(23(28)26-29)10-14-34-15-11-24/h4-9,16,29H,3,10-15H2,1-2H3,(H,25,27)(H,26,28). The van der Waals surface area contributed by atoms with Crippen LogP contribution in [0.4, 0.5) is 0 Å². The van der Waals surface area contributed by atoms with Gasteiger partial charge in [0.25, 0.3) is 11.8 Å². The van der Waals surface area contributed by atoms with Crippen molar-refractivity contribution in [2.75, 3.05) is 40.6 Å². The molecule has 0 radical (unpaired) electrons. The fourth-order valence-electron chi connectivity index (χ4n) is 3.91. The first-order chi connectivity index (χ1) is 17.3. The van der Waals surface area contributed by atoms with E-state index in [1.807, 2.05) is 0 Å². The van der Waals surface area contributed by atoms with Crippen LogP contribution in [0.15, 0.2) is 47.4 Å². The number of benzene rings is 2. The number of methoxy groups -OCH3 is 2. The molecule has 2 aromatic carbocycles. The lowest BCUT2D eigenvalue weighted by Gasteiger charge is -2.34. The van der Waals surface area contributed by atoms with Crippen molar-refractivity contribution in [2.24, 2.45) is 0 Å². The molecule has 1 aliphatic rings. The first kappa shape index (κ1) is 27.2. The summed E-state index contributed by atoms with van der Waals surface area (Å²) in [6, 6.07) is 10.6. The second kappa shape index (κ2) is 12.1. The molecule has 1 saturated heterocycles. The van der Waals surface area contributed by atoms with Crippen molar-refractivity contribution in [1.82, 2.24) is 10.8 Å². The highest BCUT2D eigenvalue weighted by Gasteiger charge is 2.52. The topological polar surface area (TPSA) is 149 Å². The molecule has 0 bridgehead atoms. The third kappa shape index (κ3) is 5.72. The highest BCUT2D eigenvalue weighted by molar-refractivity contribution is 7.93. The lowest BCUT2D eigenvalue weighted by Crippen LogP contribution is -2.54. The molecule has 36 heavy (non-hydrogen) atoms. The summed E-state index contributed by atoms with van der Waals surface area (Å²) in [6.07, 6.45) is 0.392. The predicted octanol–water partition coefficient (Wildman–Crippen LogP) is 1.73. The lowest BCUT2D eigenvalue weighted by atomic mass is 9.98. The summed E-state index contributed by atoms with van der Waals surface area (Å²) in [5, 5.41) is 11.9. The van der Waals surface area contributed by atoms with Crippen molar-refractivity contribution in [1.29, 1.82) is 0 Å². The molecular formula is C24H30N2O9S. The number of hydroxylamine groups is 1. The van der Waals surface area contributed by atoms with E-state index in [0.29, 0.717) is 35.8 Å². The van der Waals surface area contributed by atoms with E-state index in [1.165, 1.54) is 44.0 Å². The van der Waals surface area contributed by atoms with Crippen LogP contribution in [0.5, 0.6) is 17.2 Å². The van der Waals surface area contributed by atoms with Gasteiger partial charge in [0.05, 0.1) is 25.7 Å². The normalized spacial score (nSPS) is 15.0. The third-order valence-corrected chi connectivity index (χ3v) is 8.50. The molecule has 0 atom stereocenters. The number of rotatable bonds is 11. The van der Waals surface area contributed by atoms with Crippen LogP contribution < -0.4 is 25.0 Å². The van der Waals surface area contributed by atoms with Crippen LogP contribution in [0.1, 0.15) is 29.6 Å². The van der Waals surface area contributed by atoms with Gasteiger partial charge in [-0.05, 0) is 61.7 Å². The number of carbonyl (C=O) groups is 2. The highest BCUT2D eigenvalue weighted by atomic mass is 32.2. The van der Waals surface area contributed by atoms with Crippen molar-refractivity contribution in [3.8, 4) is 17.2 Å². The van der Waals surface area contributed by atoms with Crippen molar-refractivity contribution >= 4 is 21.7 Å². The molecule has 1 heterocycles. The molecule has 2 amide bonds. The fourth-order valence-corrected chi connectivity index (χ4v) is 5.84. The third-order valence-electron chi connectivity index (χ3n) is 5.99. The molecule has 1 fully saturated rings. The highest BCUT2D eigenvalue weighted by Crippen LogP contribution is 2.35. The van der Waals surface area contributed by atoms with E-state index in [4.69, 9.17) is 24.2 Å². The Bertz CT molecular complexity index is 1160. The zero-order valence-electron chi connectivity index (χ0n) is 20.1. The Morgan fingerprint density at radius 3 is 2.31 bits per heavy atom. The second-order valence-electron chi connectivity index (χ2n) is 8.05. The van der Waals surface area contributed by atoms with Gasteiger partial charge in [-0.1, -0.05) is 0 Å². The molecule has 1 aliphatic heterocycles. The van der Waals surface area contributed by atoms with Gasteiger partial charge in [-0.15, -0.1) is 0 Å². The smallest absolute Gasteiger partial charge is 0.265 e. The van der Waals surface area contributed by atoms with Gasteiger partial charge in [-0.2, -0.15) is 0 Å². The number of amides is 2. The summed E-state index contributed by atoms with van der Waals surface area (Å²) in [5.74, 6) is 0.188. The van der Waals surface area contributed by atoms with Gasteiger partial charge >= 0.3 is 0 Å². The maximum atomic E-state index is 13.3. The molecule has 12 heteroatoms. The Labute approximate surface area is 209 Å². The average Bonchev–Trinajstić information content (AvgIpc) is 2.92. The molecule has 2 aromatic rings. The monoisotopic (exact) mass is 522 g/mol. The molecule has 0 spiro atoms. The molecule has 196 valence electrons. The molecule has 3 N–H and O–H groups in total. The van der Waals surface area contributed by atoms with Crippen LogP contribution in [-0.4, -0.2) is 70.8 Å². The predicted molar refractivity (Wildman–Crippen MR) is 128 cm³/mol. The molecule has 0 unspecified atom stereocenters. The van der Waals surface area contributed by atoms with E-state index in [9.17, 15) is 18.0 Å². The van der Waals surface area contributed by atoms with E-state index in [2.05, 4.69) is 5.32 Å². The zero-order valence-corrected chi connectivity index (χ0v) is 20.9. The van der Waals surface area contributed by atoms with Crippen molar-refractivity contribution in [3.63, 3.8) is 0 Å². The summed E-state index contributed by atoms with van der Waals surface area (Å²) in [4.78, 5) is 24.6. The van der Waals surface area contributed by atoms with Crippen LogP contribution in [0.3, 0.4) is 0 Å². The van der Waals surface area contributed by atoms with Crippen LogP contribution in [0, 0.1) is 0 Å². The van der Waals surface area contributed by atoms with E-state index in [0.717, 1.165) is 0 Å². The average molecular weight is 523 g/mol. The van der Waals surface area contributed by atoms with Gasteiger partial charge in [0.1, 0.15) is 5.75 Å². The van der Waals surface area contributed by atoms with Gasteiger partial charge < -0.3 is 24.3 Å². The summed E-state index contributed by atoms with van der Waals surface area (Å²) >= 11 is 0. The van der Waals surface area contributed by atoms with Crippen molar-refractivity contribution in [2.45, 2.75) is 28.9 Å². The van der Waals surface area contributed by atoms with E-state index < -0.39 is 20.5 Å². The number of carbonyl (C=O) groups excluding carboxylic acids is 2. The maximum Gasteiger partial charge on any atom is 0.265 e. The van der Waals surface area contributed by atoms with Gasteiger partial charge in [-0.3, -0.25) is 14.8 Å². The fraction of sp³-hybridized carbons (Fsp3) is 0.417. The minimum absolute atomic E-state index is 0.0532. The minimum atomic E-state index is -4.10. The van der Waals surface area contributed by atoms with E-state index in [-0.39, 0.29) is 43.5 Å². The number of hydrogen-bond acceptors (Lipinski definition) is 9. The van der Waals surface area contributed by atoms with Gasteiger partial charge in [0.15, 0.2) is 26.1 Å². The van der Waals surface area contributed by atoms with Crippen molar-refractivity contribution in [3.05, 3.63) is 48.0 Å². The van der Waals surface area contributed by atoms with Crippen LogP contribution in [-0.2, 0) is 19.4 Å². The van der Waals surface area contributed by atoms with Gasteiger partial charge in [-0.25, -0.2) is 13.9 Å². The Balaban J connectivity index is 1.53. The summed E-state index contributed by atoms with van der Waals surface area (Å²) in [7, 11) is -1.09. The van der Waals surface area contributed by atoms with Crippen LogP contribution in [0.2, 0.25) is 0 Å². The van der Waals surface area contributed by atoms with Gasteiger partial charge in [0.2, 0.25) is 0 Å². The molecule has 0 aromatic heterocycles. The molecular weight excluding hydrogens is 492 g/mol. The molecule has 11 nitrogen and oxygen atoms in total. The summed E-state index contributed by atoms with van der Waals surface area (Å²) < 4.78 is 45.9. The Morgan fingerprint density at radius 2 is 1.69 bits per heavy atom. The molecule has 0 saturated carbocycles. The number of ether oxygens (including phenoxy) is 4. The largest absolute Gasteiger partial charge is 0.494 e. The minimum Gasteiger partial charge on any atom is -0.494 e. The summed E-state index contributed by atoms with van der Waals surface area (Å²) in [6.45, 7) is 0.833. The number of sulfone groups is 1. The Morgan fingerprint density at radius 1 is 1.03 bits per heavy atom. The van der Waals surface area contributed by atoms with E-state index in [1.54, 1.807) is 18.2 Å². The Hall–Kier alpha value is -3.35. The molecule has 3 rings (SSSR count). The lowest BCUT2D eigenvalue weighted by molar-refractivity contribution is -0.134. The number of hydrogen-bond donors (Lipinski definition) is 3. The first-order valence-electron chi connectivity index (χ1n) is 11.3. The second-order valence-corrected chi connectivity index (χ2v) is 10.3. The Kier molecular flexibility index (Phi) is 9.13. The summed E-state index contributed by atoms with van der Waals surface area (Å²) in [5.41, 5.74) is 1.92. The SMILES string of the molecule is COc1ccc(C(=O)NCCCOc2ccc(S(=O)(=O)C3(C(=O)NO)CCOCC3)cc2)cc1OC. The molecule has 0 aliphatic carbocycles. The van der Waals surface area contributed by atoms with Crippen molar-refractivity contribution < 1.29 is 42.2 Å². The van der Waals surface area contributed by atoms with Crippen LogP contribution in [0.25, 0.3) is 0 Å². The quantitative estimate of drug-likeness (QED) is 0.228.